The van der Waals surface area contributed by atoms with Gasteiger partial charge in [0.15, 0.2) is 16.9 Å². The SMILES string of the molecule is CC[S+](O)c1cn2cc(C(F)(F)F)nc2cc1-c1nc2cc(C(F)(F)F)ncc2n1C. The van der Waals surface area contributed by atoms with Crippen LogP contribution in [0.5, 0.6) is 0 Å². The molecule has 4 rings (SSSR count). The lowest BCUT2D eigenvalue weighted by Gasteiger charge is -2.07. The van der Waals surface area contributed by atoms with Gasteiger partial charge < -0.3 is 8.97 Å². The number of alkyl halides is 6. The zero-order valence-electron chi connectivity index (χ0n) is 16.0. The van der Waals surface area contributed by atoms with Gasteiger partial charge in [-0.15, -0.1) is 0 Å². The van der Waals surface area contributed by atoms with Crippen LogP contribution in [0.2, 0.25) is 0 Å². The zero-order valence-corrected chi connectivity index (χ0v) is 16.8. The predicted molar refractivity (Wildman–Crippen MR) is 101 cm³/mol. The number of aryl methyl sites for hydroxylation is 1. The van der Waals surface area contributed by atoms with Gasteiger partial charge >= 0.3 is 12.4 Å². The molecule has 0 spiro atoms. The topological polar surface area (TPSA) is 68.2 Å². The zero-order chi connectivity index (χ0) is 22.7. The van der Waals surface area contributed by atoms with Crippen LogP contribution in [0.1, 0.15) is 18.3 Å². The van der Waals surface area contributed by atoms with Crippen molar-refractivity contribution >= 4 is 27.9 Å². The van der Waals surface area contributed by atoms with Gasteiger partial charge in [0, 0.05) is 13.2 Å². The van der Waals surface area contributed by atoms with Crippen molar-refractivity contribution in [2.45, 2.75) is 24.2 Å². The van der Waals surface area contributed by atoms with Crippen LogP contribution in [0.15, 0.2) is 35.6 Å². The van der Waals surface area contributed by atoms with E-state index in [1.54, 1.807) is 14.0 Å². The lowest BCUT2D eigenvalue weighted by atomic mass is 10.2. The first-order valence-electron chi connectivity index (χ1n) is 8.80. The highest BCUT2D eigenvalue weighted by Crippen LogP contribution is 2.35. The van der Waals surface area contributed by atoms with Gasteiger partial charge in [0.25, 0.3) is 0 Å². The Balaban J connectivity index is 1.97. The maximum Gasteiger partial charge on any atom is 0.434 e. The van der Waals surface area contributed by atoms with Gasteiger partial charge in [-0.3, -0.25) is 0 Å². The van der Waals surface area contributed by atoms with E-state index in [4.69, 9.17) is 0 Å². The third kappa shape index (κ3) is 3.71. The Morgan fingerprint density at radius 3 is 2.29 bits per heavy atom. The minimum absolute atomic E-state index is 0.0132. The number of nitrogens with zero attached hydrogens (tertiary/aromatic N) is 5. The van der Waals surface area contributed by atoms with E-state index in [9.17, 15) is 30.9 Å². The number of halogens is 6. The van der Waals surface area contributed by atoms with Crippen LogP contribution in [0.25, 0.3) is 28.1 Å². The molecule has 0 fully saturated rings. The molecule has 1 unspecified atom stereocenters. The summed E-state index contributed by atoms with van der Waals surface area (Å²) in [4.78, 5) is 11.6. The molecule has 0 aliphatic carbocycles. The summed E-state index contributed by atoms with van der Waals surface area (Å²) in [5.41, 5.74) is -1.68. The predicted octanol–water partition coefficient (Wildman–Crippen LogP) is 4.79. The van der Waals surface area contributed by atoms with E-state index >= 15 is 0 Å². The van der Waals surface area contributed by atoms with Crippen LogP contribution < -0.4 is 0 Å². The van der Waals surface area contributed by atoms with E-state index in [-0.39, 0.29) is 28.3 Å². The van der Waals surface area contributed by atoms with Crippen molar-refractivity contribution in [2.24, 2.45) is 7.05 Å². The molecule has 4 heterocycles. The summed E-state index contributed by atoms with van der Waals surface area (Å²) in [5.74, 6) is 0.452. The number of rotatable bonds is 3. The van der Waals surface area contributed by atoms with Crippen LogP contribution in [0.4, 0.5) is 26.3 Å². The van der Waals surface area contributed by atoms with E-state index in [0.29, 0.717) is 10.4 Å². The Hall–Kier alpha value is -2.80. The van der Waals surface area contributed by atoms with Crippen molar-refractivity contribution in [3.63, 3.8) is 0 Å². The Kier molecular flexibility index (Phi) is 4.92. The van der Waals surface area contributed by atoms with Crippen LogP contribution in [-0.2, 0) is 30.6 Å². The smallest absolute Gasteiger partial charge is 0.326 e. The average molecular weight is 462 g/mol. The van der Waals surface area contributed by atoms with Gasteiger partial charge in [-0.2, -0.15) is 30.9 Å². The molecule has 13 heteroatoms. The molecule has 164 valence electrons. The molecule has 31 heavy (non-hydrogen) atoms. The van der Waals surface area contributed by atoms with E-state index in [0.717, 1.165) is 22.9 Å². The highest BCUT2D eigenvalue weighted by atomic mass is 32.2. The van der Waals surface area contributed by atoms with Gasteiger partial charge in [0.05, 0.1) is 29.0 Å². The van der Waals surface area contributed by atoms with Crippen molar-refractivity contribution in [1.82, 2.24) is 23.9 Å². The molecular formula is C18H14F6N5OS+. The summed E-state index contributed by atoms with van der Waals surface area (Å²) in [6, 6.07) is 2.13. The number of imidazole rings is 2. The maximum atomic E-state index is 13.1. The second-order valence-corrected chi connectivity index (χ2v) is 8.39. The highest BCUT2D eigenvalue weighted by molar-refractivity contribution is 7.91. The molecule has 0 amide bonds. The Morgan fingerprint density at radius 2 is 1.68 bits per heavy atom. The fourth-order valence-electron chi connectivity index (χ4n) is 3.15. The summed E-state index contributed by atoms with van der Waals surface area (Å²) in [6.45, 7) is 1.70. The monoisotopic (exact) mass is 462 g/mol. The first-order chi connectivity index (χ1) is 14.4. The Morgan fingerprint density at radius 1 is 1.00 bits per heavy atom. The Labute approximate surface area is 173 Å². The van der Waals surface area contributed by atoms with Crippen molar-refractivity contribution < 1.29 is 30.9 Å². The Bertz CT molecular complexity index is 1290. The summed E-state index contributed by atoms with van der Waals surface area (Å²) in [6.07, 6.45) is -6.14. The van der Waals surface area contributed by atoms with E-state index in [1.807, 2.05) is 0 Å². The highest BCUT2D eigenvalue weighted by Gasteiger charge is 2.36. The second-order valence-electron chi connectivity index (χ2n) is 6.64. The molecule has 4 aromatic heterocycles. The van der Waals surface area contributed by atoms with E-state index in [1.165, 1.54) is 16.8 Å². The van der Waals surface area contributed by atoms with Crippen molar-refractivity contribution in [2.75, 3.05) is 5.75 Å². The fraction of sp³-hybridized carbons (Fsp3) is 0.278. The molecule has 6 nitrogen and oxygen atoms in total. The second kappa shape index (κ2) is 7.12. The van der Waals surface area contributed by atoms with Crippen LogP contribution in [0, 0.1) is 0 Å². The molecule has 0 bridgehead atoms. The minimum Gasteiger partial charge on any atom is -0.326 e. The summed E-state index contributed by atoms with van der Waals surface area (Å²) >= 11 is -1.35. The maximum absolute atomic E-state index is 13.1. The molecule has 0 radical (unpaired) electrons. The number of fused-ring (bicyclic) bond motifs is 2. The third-order valence-electron chi connectivity index (χ3n) is 4.67. The number of hydrogen-bond acceptors (Lipinski definition) is 4. The first-order valence-corrected chi connectivity index (χ1v) is 10.1. The largest absolute Gasteiger partial charge is 0.434 e. The standard InChI is InChI=1S/C18H14F6N5OS/c1-3-31(30)12-7-29-8-14(18(22,23)24)27-15(29)4-9(12)16-26-10-5-13(17(19,20)21)25-6-11(10)28(16)2/h4-8,30H,3H2,1-2H3/q+1. The summed E-state index contributed by atoms with van der Waals surface area (Å²) < 4.78 is 91.3. The molecule has 1 atom stereocenters. The molecular weight excluding hydrogens is 448 g/mol. The van der Waals surface area contributed by atoms with Crippen LogP contribution >= 0.6 is 0 Å². The quantitative estimate of drug-likeness (QED) is 0.351. The van der Waals surface area contributed by atoms with E-state index in [2.05, 4.69) is 15.0 Å². The molecule has 1 N–H and O–H groups in total. The lowest BCUT2D eigenvalue weighted by Crippen LogP contribution is -2.08. The minimum atomic E-state index is -4.66. The average Bonchev–Trinajstić information content (AvgIpc) is 3.26. The summed E-state index contributed by atoms with van der Waals surface area (Å²) in [5, 5.41) is 0. The van der Waals surface area contributed by atoms with E-state index < -0.39 is 34.9 Å². The van der Waals surface area contributed by atoms with Gasteiger partial charge in [-0.05, 0) is 19.1 Å². The first kappa shape index (κ1) is 21.4. The van der Waals surface area contributed by atoms with Gasteiger partial charge in [-0.1, -0.05) is 0 Å². The number of aromatic nitrogens is 5. The van der Waals surface area contributed by atoms with Gasteiger partial charge in [0.1, 0.15) is 22.9 Å². The van der Waals surface area contributed by atoms with Gasteiger partial charge in [0.2, 0.25) is 4.90 Å². The molecule has 0 aromatic carbocycles. The number of hydrogen-bond donors (Lipinski definition) is 1. The molecule has 0 aliphatic heterocycles. The van der Waals surface area contributed by atoms with Crippen LogP contribution in [0.3, 0.4) is 0 Å². The molecule has 0 aliphatic rings. The third-order valence-corrected chi connectivity index (χ3v) is 6.05. The van der Waals surface area contributed by atoms with Crippen molar-refractivity contribution in [1.29, 1.82) is 0 Å². The van der Waals surface area contributed by atoms with Crippen LogP contribution in [-0.4, -0.2) is 34.2 Å². The molecule has 4 aromatic rings. The van der Waals surface area contributed by atoms with Crippen molar-refractivity contribution in [3.05, 3.63) is 42.1 Å². The number of pyridine rings is 2. The normalized spacial score (nSPS) is 14.0. The molecule has 0 saturated carbocycles. The molecule has 0 saturated heterocycles. The van der Waals surface area contributed by atoms with Gasteiger partial charge in [-0.25, -0.2) is 15.0 Å². The lowest BCUT2D eigenvalue weighted by molar-refractivity contribution is -0.141. The fourth-order valence-corrected chi connectivity index (χ4v) is 4.10. The summed E-state index contributed by atoms with van der Waals surface area (Å²) in [7, 11) is 1.54. The van der Waals surface area contributed by atoms with Crippen molar-refractivity contribution in [3.8, 4) is 11.4 Å².